The summed E-state index contributed by atoms with van der Waals surface area (Å²) >= 11 is 1.55. The molecule has 5 heteroatoms. The van der Waals surface area contributed by atoms with Gasteiger partial charge in [-0.05, 0) is 38.9 Å². The van der Waals surface area contributed by atoms with Gasteiger partial charge >= 0.3 is 5.97 Å². The molecule has 0 aromatic rings. The van der Waals surface area contributed by atoms with Crippen molar-refractivity contribution in [3.05, 3.63) is 0 Å². The molecule has 0 N–H and O–H groups in total. The molecule has 1 atom stereocenters. The molecule has 0 spiro atoms. The van der Waals surface area contributed by atoms with Gasteiger partial charge in [-0.1, -0.05) is 26.7 Å². The zero-order chi connectivity index (χ0) is 16.3. The minimum Gasteiger partial charge on any atom is -0.462 e. The number of carbonyl (C=O) groups is 1. The predicted molar refractivity (Wildman–Crippen MR) is 86.1 cm³/mol. The maximum atomic E-state index is 13.1. The molecule has 0 saturated carbocycles. The molecule has 1 unspecified atom stereocenters. The lowest BCUT2D eigenvalue weighted by atomic mass is 10.1. The van der Waals surface area contributed by atoms with Crippen molar-refractivity contribution in [1.29, 1.82) is 0 Å². The molecule has 0 saturated heterocycles. The highest BCUT2D eigenvalue weighted by molar-refractivity contribution is 8.00. The van der Waals surface area contributed by atoms with E-state index in [1.54, 1.807) is 11.8 Å². The van der Waals surface area contributed by atoms with Gasteiger partial charge in [0, 0.05) is 12.8 Å². The average molecular weight is 324 g/mol. The molecule has 0 radical (unpaired) electrons. The first-order valence-corrected chi connectivity index (χ1v) is 9.07. The van der Waals surface area contributed by atoms with E-state index >= 15 is 0 Å². The van der Waals surface area contributed by atoms with Crippen molar-refractivity contribution >= 4 is 17.7 Å². The van der Waals surface area contributed by atoms with Gasteiger partial charge in [-0.25, -0.2) is 8.78 Å². The molecule has 21 heavy (non-hydrogen) atoms. The summed E-state index contributed by atoms with van der Waals surface area (Å²) < 4.78 is 31.5. The van der Waals surface area contributed by atoms with Crippen LogP contribution in [-0.2, 0) is 9.53 Å². The largest absolute Gasteiger partial charge is 0.462 e. The summed E-state index contributed by atoms with van der Waals surface area (Å²) in [5, 5.41) is -0.154. The second-order valence-corrected chi connectivity index (χ2v) is 6.96. The van der Waals surface area contributed by atoms with E-state index in [2.05, 4.69) is 6.92 Å². The van der Waals surface area contributed by atoms with Gasteiger partial charge in [-0.2, -0.15) is 0 Å². The summed E-state index contributed by atoms with van der Waals surface area (Å²) in [6.07, 6.45) is 3.79. The van der Waals surface area contributed by atoms with E-state index in [-0.39, 0.29) is 30.2 Å². The molecule has 0 rings (SSSR count). The molecule has 0 aromatic carbocycles. The number of halogens is 2. The zero-order valence-electron chi connectivity index (χ0n) is 13.8. The van der Waals surface area contributed by atoms with E-state index in [1.807, 2.05) is 13.8 Å². The summed E-state index contributed by atoms with van der Waals surface area (Å²) in [5.74, 6) is -1.97. The maximum Gasteiger partial charge on any atom is 0.319 e. The SMILES string of the molecule is CCCCC(SCCCCC(F)(F)CC)C(=O)OC(C)C. The Kier molecular flexibility index (Phi) is 11.1. The van der Waals surface area contributed by atoms with Crippen molar-refractivity contribution in [2.75, 3.05) is 5.75 Å². The Bertz CT molecular complexity index is 283. The van der Waals surface area contributed by atoms with Crippen LogP contribution >= 0.6 is 11.8 Å². The van der Waals surface area contributed by atoms with Crippen LogP contribution in [0.25, 0.3) is 0 Å². The first-order chi connectivity index (χ1) is 9.82. The molecule has 0 aliphatic rings. The summed E-state index contributed by atoms with van der Waals surface area (Å²) in [7, 11) is 0. The smallest absolute Gasteiger partial charge is 0.319 e. The Morgan fingerprint density at radius 1 is 1.19 bits per heavy atom. The lowest BCUT2D eigenvalue weighted by Gasteiger charge is -2.18. The van der Waals surface area contributed by atoms with Crippen LogP contribution in [0.15, 0.2) is 0 Å². The van der Waals surface area contributed by atoms with Gasteiger partial charge < -0.3 is 4.74 Å². The molecule has 0 heterocycles. The molecule has 0 aromatic heterocycles. The maximum absolute atomic E-state index is 13.1. The highest BCUT2D eigenvalue weighted by atomic mass is 32.2. The number of rotatable bonds is 12. The van der Waals surface area contributed by atoms with Crippen LogP contribution in [0, 0.1) is 0 Å². The Balaban J connectivity index is 4.03. The monoisotopic (exact) mass is 324 g/mol. The summed E-state index contributed by atoms with van der Waals surface area (Å²) in [4.78, 5) is 12.0. The van der Waals surface area contributed by atoms with E-state index in [9.17, 15) is 13.6 Å². The Labute approximate surface area is 132 Å². The topological polar surface area (TPSA) is 26.3 Å². The van der Waals surface area contributed by atoms with Crippen molar-refractivity contribution in [3.8, 4) is 0 Å². The minimum absolute atomic E-state index is 0.0554. The third kappa shape index (κ3) is 11.0. The van der Waals surface area contributed by atoms with E-state index in [4.69, 9.17) is 4.74 Å². The zero-order valence-corrected chi connectivity index (χ0v) is 14.6. The van der Waals surface area contributed by atoms with Crippen LogP contribution in [0.2, 0.25) is 0 Å². The summed E-state index contributed by atoms with van der Waals surface area (Å²) in [6.45, 7) is 7.28. The molecule has 126 valence electrons. The highest BCUT2D eigenvalue weighted by Gasteiger charge is 2.25. The van der Waals surface area contributed by atoms with Crippen molar-refractivity contribution in [2.24, 2.45) is 0 Å². The Morgan fingerprint density at radius 3 is 2.38 bits per heavy atom. The first kappa shape index (κ1) is 20.7. The molecule has 0 aliphatic heterocycles. The van der Waals surface area contributed by atoms with Gasteiger partial charge in [0.25, 0.3) is 0 Å². The normalized spacial score (nSPS) is 13.5. The van der Waals surface area contributed by atoms with Gasteiger partial charge in [0.2, 0.25) is 5.92 Å². The number of thioether (sulfide) groups is 1. The molecule has 0 bridgehead atoms. The van der Waals surface area contributed by atoms with Crippen LogP contribution in [-0.4, -0.2) is 29.0 Å². The number of esters is 1. The molecule has 0 aliphatic carbocycles. The highest BCUT2D eigenvalue weighted by Crippen LogP contribution is 2.26. The number of alkyl halides is 2. The van der Waals surface area contributed by atoms with Gasteiger partial charge in [0.15, 0.2) is 0 Å². The van der Waals surface area contributed by atoms with Crippen LogP contribution in [0.3, 0.4) is 0 Å². The van der Waals surface area contributed by atoms with Gasteiger partial charge in [0.1, 0.15) is 5.25 Å². The molecule has 0 amide bonds. The Hall–Kier alpha value is -0.320. The molecule has 0 fully saturated rings. The number of ether oxygens (including phenoxy) is 1. The third-order valence-corrected chi connectivity index (χ3v) is 4.56. The van der Waals surface area contributed by atoms with E-state index in [0.29, 0.717) is 6.42 Å². The van der Waals surface area contributed by atoms with E-state index in [0.717, 1.165) is 31.4 Å². The number of hydrogen-bond donors (Lipinski definition) is 0. The average Bonchev–Trinajstić information content (AvgIpc) is 2.40. The first-order valence-electron chi connectivity index (χ1n) is 8.02. The predicted octanol–water partition coefficient (Wildman–Crippen LogP) is 5.45. The van der Waals surface area contributed by atoms with Crippen LogP contribution in [0.1, 0.15) is 72.6 Å². The summed E-state index contributed by atoms with van der Waals surface area (Å²) in [6, 6.07) is 0. The second kappa shape index (κ2) is 11.3. The fraction of sp³-hybridized carbons (Fsp3) is 0.938. The lowest BCUT2D eigenvalue weighted by molar-refractivity contribution is -0.146. The summed E-state index contributed by atoms with van der Waals surface area (Å²) in [5.41, 5.74) is 0. The quantitative estimate of drug-likeness (QED) is 0.353. The van der Waals surface area contributed by atoms with Gasteiger partial charge in [-0.15, -0.1) is 11.8 Å². The number of carbonyl (C=O) groups excluding carboxylic acids is 1. The van der Waals surface area contributed by atoms with E-state index in [1.165, 1.54) is 6.92 Å². The van der Waals surface area contributed by atoms with Crippen LogP contribution < -0.4 is 0 Å². The lowest BCUT2D eigenvalue weighted by Crippen LogP contribution is -2.24. The fourth-order valence-corrected chi connectivity index (χ4v) is 3.04. The molecule has 2 nitrogen and oxygen atoms in total. The second-order valence-electron chi connectivity index (χ2n) is 5.65. The number of hydrogen-bond acceptors (Lipinski definition) is 3. The molecular weight excluding hydrogens is 294 g/mol. The van der Waals surface area contributed by atoms with Crippen LogP contribution in [0.4, 0.5) is 8.78 Å². The standard InChI is InChI=1S/C16H30F2O2S/c1-5-7-10-14(15(19)20-13(3)4)21-12-9-8-11-16(17,18)6-2/h13-14H,5-12H2,1-4H3. The van der Waals surface area contributed by atoms with Crippen LogP contribution in [0.5, 0.6) is 0 Å². The van der Waals surface area contributed by atoms with Crippen molar-refractivity contribution in [3.63, 3.8) is 0 Å². The van der Waals surface area contributed by atoms with Gasteiger partial charge in [-0.3, -0.25) is 4.79 Å². The molecular formula is C16H30F2O2S. The van der Waals surface area contributed by atoms with Crippen molar-refractivity contribution in [2.45, 2.75) is 89.9 Å². The third-order valence-electron chi connectivity index (χ3n) is 3.21. The van der Waals surface area contributed by atoms with Crippen molar-refractivity contribution < 1.29 is 18.3 Å². The minimum atomic E-state index is -2.54. The van der Waals surface area contributed by atoms with E-state index < -0.39 is 5.92 Å². The number of unbranched alkanes of at least 4 members (excludes halogenated alkanes) is 2. The van der Waals surface area contributed by atoms with Gasteiger partial charge in [0.05, 0.1) is 6.10 Å². The fourth-order valence-electron chi connectivity index (χ4n) is 1.86. The Morgan fingerprint density at radius 2 is 1.86 bits per heavy atom. The van der Waals surface area contributed by atoms with Crippen molar-refractivity contribution in [1.82, 2.24) is 0 Å².